The predicted octanol–water partition coefficient (Wildman–Crippen LogP) is 3.50. The van der Waals surface area contributed by atoms with Crippen LogP contribution in [0.2, 0.25) is 0 Å². The summed E-state index contributed by atoms with van der Waals surface area (Å²) in [7, 11) is 1.66. The number of likely N-dealkylation sites (N-methyl/N-ethyl adjacent to an activating group) is 1. The Morgan fingerprint density at radius 3 is 2.68 bits per heavy atom. The van der Waals surface area contributed by atoms with Crippen molar-refractivity contribution in [1.82, 2.24) is 15.0 Å². The lowest BCUT2D eigenvalue weighted by Gasteiger charge is -2.16. The van der Waals surface area contributed by atoms with Crippen LogP contribution < -0.4 is 0 Å². The van der Waals surface area contributed by atoms with Gasteiger partial charge in [-0.1, -0.05) is 28.9 Å². The largest absolute Gasteiger partial charge is 0.341 e. The fourth-order valence-electron chi connectivity index (χ4n) is 2.38. The van der Waals surface area contributed by atoms with Gasteiger partial charge in [-0.2, -0.15) is 4.98 Å². The van der Waals surface area contributed by atoms with E-state index in [1.807, 2.05) is 31.2 Å². The highest BCUT2D eigenvalue weighted by molar-refractivity contribution is 5.94. The molecular formula is C19H18FN3O2. The summed E-state index contributed by atoms with van der Waals surface area (Å²) in [6.07, 6.45) is 0.451. The molecule has 0 N–H and O–H groups in total. The van der Waals surface area contributed by atoms with Gasteiger partial charge in [-0.25, -0.2) is 4.39 Å². The highest BCUT2D eigenvalue weighted by Gasteiger charge is 2.14. The third kappa shape index (κ3) is 4.09. The summed E-state index contributed by atoms with van der Waals surface area (Å²) in [6.45, 7) is 2.41. The number of halogens is 1. The summed E-state index contributed by atoms with van der Waals surface area (Å²) in [5.41, 5.74) is 2.32. The molecule has 0 fully saturated rings. The third-order valence-corrected chi connectivity index (χ3v) is 3.86. The summed E-state index contributed by atoms with van der Waals surface area (Å²) in [5, 5.41) is 3.95. The van der Waals surface area contributed by atoms with Crippen LogP contribution in [0.3, 0.4) is 0 Å². The molecule has 0 atom stereocenters. The average Bonchev–Trinajstić information content (AvgIpc) is 3.08. The van der Waals surface area contributed by atoms with E-state index < -0.39 is 5.82 Å². The van der Waals surface area contributed by atoms with Crippen molar-refractivity contribution in [3.63, 3.8) is 0 Å². The zero-order chi connectivity index (χ0) is 17.8. The molecule has 3 rings (SSSR count). The highest BCUT2D eigenvalue weighted by atomic mass is 19.1. The van der Waals surface area contributed by atoms with Gasteiger partial charge < -0.3 is 9.42 Å². The molecule has 6 heteroatoms. The number of benzene rings is 2. The number of hydrogen-bond donors (Lipinski definition) is 0. The van der Waals surface area contributed by atoms with E-state index >= 15 is 0 Å². The summed E-state index contributed by atoms with van der Waals surface area (Å²) in [6, 6.07) is 13.4. The first-order valence-corrected chi connectivity index (χ1v) is 7.93. The van der Waals surface area contributed by atoms with E-state index in [1.54, 1.807) is 13.1 Å². The molecule has 3 aromatic rings. The van der Waals surface area contributed by atoms with E-state index in [2.05, 4.69) is 10.1 Å². The maximum Gasteiger partial charge on any atom is 0.257 e. The Morgan fingerprint density at radius 1 is 1.20 bits per heavy atom. The Morgan fingerprint density at radius 2 is 1.96 bits per heavy atom. The molecule has 0 radical (unpaired) electrons. The van der Waals surface area contributed by atoms with Crippen molar-refractivity contribution < 1.29 is 13.7 Å². The van der Waals surface area contributed by atoms with Gasteiger partial charge in [0.2, 0.25) is 0 Å². The van der Waals surface area contributed by atoms with Gasteiger partial charge in [-0.05, 0) is 37.3 Å². The molecule has 0 saturated carbocycles. The molecule has 1 aromatic heterocycles. The molecule has 0 bridgehead atoms. The molecule has 0 aliphatic rings. The second-order valence-electron chi connectivity index (χ2n) is 5.87. The van der Waals surface area contributed by atoms with Crippen molar-refractivity contribution in [2.45, 2.75) is 13.3 Å². The second-order valence-corrected chi connectivity index (χ2v) is 5.87. The van der Waals surface area contributed by atoms with Gasteiger partial charge in [0.1, 0.15) is 5.82 Å². The molecular weight excluding hydrogens is 321 g/mol. The van der Waals surface area contributed by atoms with Gasteiger partial charge in [-0.15, -0.1) is 0 Å². The van der Waals surface area contributed by atoms with Gasteiger partial charge in [0.05, 0.1) is 0 Å². The molecule has 0 unspecified atom stereocenters. The van der Waals surface area contributed by atoms with Gasteiger partial charge in [0, 0.05) is 31.1 Å². The quantitative estimate of drug-likeness (QED) is 0.714. The molecule has 5 nitrogen and oxygen atoms in total. The van der Waals surface area contributed by atoms with Crippen LogP contribution in [0.15, 0.2) is 53.1 Å². The molecule has 2 aromatic carbocycles. The van der Waals surface area contributed by atoms with Crippen molar-refractivity contribution in [2.75, 3.05) is 13.6 Å². The van der Waals surface area contributed by atoms with Gasteiger partial charge >= 0.3 is 0 Å². The summed E-state index contributed by atoms with van der Waals surface area (Å²) in [5.74, 6) is 0.297. The van der Waals surface area contributed by atoms with Crippen LogP contribution in [0.4, 0.5) is 4.39 Å². The van der Waals surface area contributed by atoms with Gasteiger partial charge in [0.15, 0.2) is 5.82 Å². The van der Waals surface area contributed by atoms with E-state index in [0.717, 1.165) is 11.1 Å². The van der Waals surface area contributed by atoms with E-state index in [9.17, 15) is 9.18 Å². The average molecular weight is 339 g/mol. The minimum atomic E-state index is -0.430. The van der Waals surface area contributed by atoms with Crippen molar-refractivity contribution in [3.05, 3.63) is 71.3 Å². The van der Waals surface area contributed by atoms with Crippen LogP contribution in [0, 0.1) is 12.7 Å². The van der Waals surface area contributed by atoms with Crippen molar-refractivity contribution in [1.29, 1.82) is 0 Å². The number of carbonyl (C=O) groups is 1. The van der Waals surface area contributed by atoms with Crippen LogP contribution >= 0.6 is 0 Å². The van der Waals surface area contributed by atoms with Crippen LogP contribution in [0.25, 0.3) is 11.5 Å². The van der Waals surface area contributed by atoms with Crippen molar-refractivity contribution >= 4 is 5.91 Å². The number of nitrogens with zero attached hydrogens (tertiary/aromatic N) is 3. The smallest absolute Gasteiger partial charge is 0.257 e. The van der Waals surface area contributed by atoms with Crippen LogP contribution in [-0.2, 0) is 6.42 Å². The van der Waals surface area contributed by atoms with E-state index in [-0.39, 0.29) is 5.91 Å². The van der Waals surface area contributed by atoms with Gasteiger partial charge in [-0.3, -0.25) is 4.79 Å². The Hall–Kier alpha value is -3.02. The number of aryl methyl sites for hydroxylation is 1. The topological polar surface area (TPSA) is 59.2 Å². The number of hydrogen-bond acceptors (Lipinski definition) is 4. The second kappa shape index (κ2) is 7.25. The fourth-order valence-corrected chi connectivity index (χ4v) is 2.38. The van der Waals surface area contributed by atoms with Crippen LogP contribution in [0.1, 0.15) is 21.7 Å². The van der Waals surface area contributed by atoms with Crippen LogP contribution in [-0.4, -0.2) is 34.5 Å². The number of aromatic nitrogens is 2. The molecule has 25 heavy (non-hydrogen) atoms. The minimum absolute atomic E-state index is 0.248. The Labute approximate surface area is 145 Å². The lowest BCUT2D eigenvalue weighted by molar-refractivity contribution is 0.0795. The number of carbonyl (C=O) groups excluding carboxylic acids is 1. The predicted molar refractivity (Wildman–Crippen MR) is 91.5 cm³/mol. The molecule has 0 aliphatic heterocycles. The normalized spacial score (nSPS) is 10.7. The third-order valence-electron chi connectivity index (χ3n) is 3.86. The molecule has 0 spiro atoms. The van der Waals surface area contributed by atoms with Crippen LogP contribution in [0.5, 0.6) is 0 Å². The monoisotopic (exact) mass is 339 g/mol. The minimum Gasteiger partial charge on any atom is -0.341 e. The zero-order valence-electron chi connectivity index (χ0n) is 14.1. The summed E-state index contributed by atoms with van der Waals surface area (Å²) >= 11 is 0. The highest BCUT2D eigenvalue weighted by Crippen LogP contribution is 2.17. The standard InChI is InChI=1S/C19H18FN3O2/c1-13-6-8-14(9-7-13)18-21-17(22-25-18)10-11-23(2)19(24)15-4-3-5-16(20)12-15/h3-9,12H,10-11H2,1-2H3. The van der Waals surface area contributed by atoms with E-state index in [1.165, 1.54) is 23.1 Å². The lowest BCUT2D eigenvalue weighted by atomic mass is 10.1. The zero-order valence-corrected chi connectivity index (χ0v) is 14.1. The maximum absolute atomic E-state index is 13.2. The Balaban J connectivity index is 1.62. The first-order chi connectivity index (χ1) is 12.0. The number of amides is 1. The maximum atomic E-state index is 13.2. The Kier molecular flexibility index (Phi) is 4.88. The molecule has 1 amide bonds. The van der Waals surface area contributed by atoms with E-state index in [4.69, 9.17) is 4.52 Å². The number of rotatable bonds is 5. The SMILES string of the molecule is Cc1ccc(-c2nc(CCN(C)C(=O)c3cccc(F)c3)no2)cc1. The van der Waals surface area contributed by atoms with Gasteiger partial charge in [0.25, 0.3) is 11.8 Å². The van der Waals surface area contributed by atoms with E-state index in [0.29, 0.717) is 30.2 Å². The summed E-state index contributed by atoms with van der Waals surface area (Å²) < 4.78 is 18.5. The molecule has 0 aliphatic carbocycles. The van der Waals surface area contributed by atoms with Crippen molar-refractivity contribution in [3.8, 4) is 11.5 Å². The lowest BCUT2D eigenvalue weighted by Crippen LogP contribution is -2.29. The Bertz CT molecular complexity index is 874. The molecule has 1 heterocycles. The molecule has 128 valence electrons. The fraction of sp³-hybridized carbons (Fsp3) is 0.211. The van der Waals surface area contributed by atoms with Crippen molar-refractivity contribution in [2.24, 2.45) is 0 Å². The first kappa shape index (κ1) is 16.8. The molecule has 0 saturated heterocycles. The first-order valence-electron chi connectivity index (χ1n) is 7.93. The summed E-state index contributed by atoms with van der Waals surface area (Å²) in [4.78, 5) is 18.1.